The van der Waals surface area contributed by atoms with E-state index in [4.69, 9.17) is 0 Å². The molecule has 0 aliphatic carbocycles. The van der Waals surface area contributed by atoms with Gasteiger partial charge in [-0.25, -0.2) is 0 Å². The van der Waals surface area contributed by atoms with Gasteiger partial charge in [-0.1, -0.05) is 13.8 Å². The van der Waals surface area contributed by atoms with Gasteiger partial charge >= 0.3 is 0 Å². The Labute approximate surface area is 62.6 Å². The van der Waals surface area contributed by atoms with Crippen molar-refractivity contribution in [3.8, 4) is 0 Å². The largest absolute Gasteiger partial charge is 0.456 e. The average molecular weight is 951 g/mol. The molecule has 0 nitrogen and oxygen atoms in total. The van der Waals surface area contributed by atoms with E-state index in [2.05, 4.69) is 0 Å². The molecule has 0 fully saturated rings. The fourth-order valence-corrected chi connectivity index (χ4v) is 0. The molecule has 0 aliphatic heterocycles. The minimum absolute atomic E-state index is 0. The average Bonchev–Trinajstić information content (AvgIpc) is 1.89. The van der Waals surface area contributed by atoms with Crippen LogP contribution in [0.2, 0.25) is 0 Å². The molecule has 0 rings (SSSR count). The Hall–Kier alpha value is -3.14. The first-order valence-corrected chi connectivity index (χ1v) is 3.46. The maximum Gasteiger partial charge on any atom is 0 e. The third kappa shape index (κ3) is 564. The molecule has 0 aromatic heterocycles. The van der Waals surface area contributed by atoms with Crippen molar-refractivity contribution < 1.29 is 8.78 Å². The van der Waals surface area contributed by atoms with E-state index < -0.39 is 6.17 Å². The first kappa shape index (κ1) is 32.8. The molecule has 1 unspecified atom stereocenters. The first-order chi connectivity index (χ1) is 4.54. The quantitative estimate of drug-likeness (QED) is 0.373. The van der Waals surface area contributed by atoms with Gasteiger partial charge in [0.15, 0.2) is 0 Å². The van der Waals surface area contributed by atoms with Crippen LogP contribution in [0.25, 0.3) is 0 Å². The third-order valence-electron chi connectivity index (χ3n) is 0.947. The van der Waals surface area contributed by atoms with Crippen molar-refractivity contribution in [1.82, 2.24) is 0 Å². The molecule has 0 N–H and O–H groups in total. The second-order valence-electron chi connectivity index (χ2n) is 2.04. The van der Waals surface area contributed by atoms with E-state index in [1.165, 1.54) is 20.3 Å². The molecule has 5 heteroatoms. The maximum atomic E-state index is 11.4. The molecule has 0 heterocycles. The molecule has 0 aromatic carbocycles. The molecule has 0 aromatic rings. The number of hydrogen-bond donors (Lipinski definition) is 0. The monoisotopic (exact) mass is 951 g/mol. The summed E-state index contributed by atoms with van der Waals surface area (Å²) in [5.74, 6) is 0. The number of alkyl halides is 1. The summed E-state index contributed by atoms with van der Waals surface area (Å²) in [6.45, 7) is 6.46. The molecule has 70 valence electrons. The molecular formula is C8H16F2Rf3-2. The van der Waals surface area contributed by atoms with Crippen LogP contribution in [-0.2, 0) is 0 Å². The molecule has 0 aliphatic rings. The van der Waals surface area contributed by atoms with Crippen LogP contribution >= 0.6 is 0 Å². The summed E-state index contributed by atoms with van der Waals surface area (Å²) in [6, 6.07) is 0. The predicted octanol–water partition coefficient (Wildman–Crippen LogP) is 3.49. The van der Waals surface area contributed by atoms with Gasteiger partial charge in [0.25, 0.3) is 0 Å². The molecule has 0 saturated carbocycles. The maximum absolute atomic E-state index is 11.4. The zero-order valence-corrected chi connectivity index (χ0v) is 28.4. The summed E-state index contributed by atoms with van der Waals surface area (Å²) >= 11 is 0. The normalized spacial score (nSPS) is 9.46. The smallest absolute Gasteiger partial charge is 0 e. The van der Waals surface area contributed by atoms with Gasteiger partial charge in [-0.05, 0) is 6.17 Å². The van der Waals surface area contributed by atoms with E-state index in [1.54, 1.807) is 13.8 Å². The number of hydrogen-bond acceptors (Lipinski definition) is 0. The van der Waals surface area contributed by atoms with Gasteiger partial charge in [0.1, 0.15) is 0 Å². The molecule has 0 bridgehead atoms. The van der Waals surface area contributed by atoms with Crippen LogP contribution < -0.4 is 0 Å². The van der Waals surface area contributed by atoms with E-state index >= 15 is 0 Å². The third-order valence-corrected chi connectivity index (χ3v) is 0.947. The summed E-state index contributed by atoms with van der Waals surface area (Å²) < 4.78 is 22.7. The van der Waals surface area contributed by atoms with E-state index in [9.17, 15) is 8.78 Å². The SMILES string of the molecule is CC[C-](C)F.C[CH-]C(C)F.[Rf].[Rf].[Rf]. The Morgan fingerprint density at radius 1 is 1.31 bits per heavy atom. The van der Waals surface area contributed by atoms with Crippen molar-refractivity contribution >= 4 is 0 Å². The van der Waals surface area contributed by atoms with Gasteiger partial charge in [-0.15, -0.1) is 0 Å². The van der Waals surface area contributed by atoms with Crippen LogP contribution in [0.15, 0.2) is 0 Å². The molecule has 0 saturated heterocycles. The van der Waals surface area contributed by atoms with Crippen molar-refractivity contribution in [2.45, 2.75) is 40.3 Å². The van der Waals surface area contributed by atoms with Gasteiger partial charge in [0.2, 0.25) is 0 Å². The predicted molar refractivity (Wildman–Crippen MR) is 40.9 cm³/mol. The van der Waals surface area contributed by atoms with Crippen LogP contribution in [0.3, 0.4) is 0 Å². The van der Waals surface area contributed by atoms with Crippen LogP contribution in [0.4, 0.5) is 8.78 Å². The Kier molecular flexibility index (Phi) is 58.4. The van der Waals surface area contributed by atoms with Crippen LogP contribution in [0, 0.1) is 12.6 Å². The van der Waals surface area contributed by atoms with Crippen LogP contribution in [-0.4, -0.2) is 6.17 Å². The Bertz CT molecular complexity index is 53.4. The Morgan fingerprint density at radius 2 is 1.46 bits per heavy atom. The Balaban J connectivity index is -0.0000000267. The van der Waals surface area contributed by atoms with Gasteiger partial charge in [0, 0.05) is 0 Å². The van der Waals surface area contributed by atoms with E-state index in [1.807, 2.05) is 0 Å². The standard InChI is InChI=1S/2C4H8F.3Rf/c2*1-3-4(2)5;;;/h3H2,1-2H3;3-4H,1-2H3;;;/q2*-1;;;. The number of halogens is 2. The first-order valence-electron chi connectivity index (χ1n) is 3.46. The minimum atomic E-state index is -0.741. The summed E-state index contributed by atoms with van der Waals surface area (Å²) in [5.41, 5.74) is 0. The second-order valence-corrected chi connectivity index (χ2v) is 2.04. The van der Waals surface area contributed by atoms with Gasteiger partial charge in [0.05, 0.1) is 0 Å². The van der Waals surface area contributed by atoms with E-state index in [0.29, 0.717) is 6.42 Å². The Morgan fingerprint density at radius 3 is 1.46 bits per heavy atom. The van der Waals surface area contributed by atoms with Gasteiger partial charge < -0.3 is 4.39 Å². The van der Waals surface area contributed by atoms with Crippen molar-refractivity contribution in [1.29, 1.82) is 0 Å². The van der Waals surface area contributed by atoms with Crippen molar-refractivity contribution in [3.63, 3.8) is 0 Å². The fourth-order valence-electron chi connectivity index (χ4n) is 0. The molecular weight excluding hydrogens is 935 g/mol. The zero-order chi connectivity index (χ0) is 8.57. The fraction of sp³-hybridized carbons (Fsp3) is 0.750. The van der Waals surface area contributed by atoms with Crippen LogP contribution in [0.1, 0.15) is 34.1 Å². The molecule has 0 radical (unpaired) electrons. The summed E-state index contributed by atoms with van der Waals surface area (Å²) in [4.78, 5) is 0. The summed E-state index contributed by atoms with van der Waals surface area (Å²) in [6.07, 6.45) is 1.32. The topological polar surface area (TPSA) is 0 Å². The van der Waals surface area contributed by atoms with E-state index in [0.717, 1.165) is 0 Å². The second kappa shape index (κ2) is 23.2. The summed E-state index contributed by atoms with van der Waals surface area (Å²) in [7, 11) is 0. The summed E-state index contributed by atoms with van der Waals surface area (Å²) in [5, 5.41) is 0. The minimum Gasteiger partial charge on any atom is -0.456 e. The van der Waals surface area contributed by atoms with E-state index in [-0.39, 0.29) is 6.17 Å². The van der Waals surface area contributed by atoms with Crippen molar-refractivity contribution in [2.75, 3.05) is 0 Å². The van der Waals surface area contributed by atoms with Gasteiger partial charge in [-0.2, -0.15) is 26.4 Å². The van der Waals surface area contributed by atoms with Crippen molar-refractivity contribution in [3.05, 3.63) is 12.6 Å². The molecule has 13 heavy (non-hydrogen) atoms. The molecule has 1 atom stereocenters. The van der Waals surface area contributed by atoms with Gasteiger partial charge in [-0.3, -0.25) is 10.8 Å². The zero-order valence-electron chi connectivity index (χ0n) is 9.24. The van der Waals surface area contributed by atoms with Crippen LogP contribution in [0.5, 0.6) is 0 Å². The number of rotatable bonds is 2. The molecule has 0 amide bonds. The molecule has 0 spiro atoms. The van der Waals surface area contributed by atoms with Crippen molar-refractivity contribution in [2.24, 2.45) is 0 Å².